The molecule has 0 unspecified atom stereocenters. The molecule has 0 amide bonds. The van der Waals surface area contributed by atoms with E-state index in [-0.39, 0.29) is 11.2 Å². The van der Waals surface area contributed by atoms with Crippen molar-refractivity contribution >= 4 is 17.5 Å². The smallest absolute Gasteiger partial charge is 0.191 e. The van der Waals surface area contributed by atoms with Crippen molar-refractivity contribution in [1.82, 2.24) is 19.7 Å². The number of hydrogen-bond donors (Lipinski definition) is 0. The summed E-state index contributed by atoms with van der Waals surface area (Å²) in [7, 11) is 0. The van der Waals surface area contributed by atoms with Crippen LogP contribution in [0.2, 0.25) is 0 Å². The Bertz CT molecular complexity index is 999. The molecule has 0 radical (unpaired) electrons. The van der Waals surface area contributed by atoms with E-state index < -0.39 is 0 Å². The predicted octanol–water partition coefficient (Wildman–Crippen LogP) is 4.29. The lowest BCUT2D eigenvalue weighted by Crippen LogP contribution is -2.50. The number of rotatable bonds is 8. The Labute approximate surface area is 204 Å². The molecule has 1 saturated heterocycles. The van der Waals surface area contributed by atoms with E-state index in [0.29, 0.717) is 11.5 Å². The lowest BCUT2D eigenvalue weighted by molar-refractivity contribution is -0.141. The molecule has 7 rings (SSSR count). The highest BCUT2D eigenvalue weighted by Gasteiger charge is 2.54. The quantitative estimate of drug-likeness (QED) is 0.521. The molecule has 4 aliphatic carbocycles. The highest BCUT2D eigenvalue weighted by atomic mass is 32.2. The molecule has 2 heterocycles. The van der Waals surface area contributed by atoms with Crippen LogP contribution in [0.4, 0.5) is 4.39 Å². The van der Waals surface area contributed by atoms with Crippen LogP contribution in [0.3, 0.4) is 0 Å². The van der Waals surface area contributed by atoms with Crippen LogP contribution in [0.5, 0.6) is 0 Å². The zero-order valence-corrected chi connectivity index (χ0v) is 20.4. The first-order chi connectivity index (χ1) is 16.6. The van der Waals surface area contributed by atoms with Crippen LogP contribution < -0.4 is 0 Å². The predicted molar refractivity (Wildman–Crippen MR) is 129 cm³/mol. The topological polar surface area (TPSA) is 60.2 Å². The summed E-state index contributed by atoms with van der Waals surface area (Å²) in [6.07, 6.45) is 7.33. The molecule has 182 valence electrons. The second-order valence-electron chi connectivity index (χ2n) is 10.8. The van der Waals surface area contributed by atoms with E-state index in [1.807, 2.05) is 0 Å². The number of ketones is 1. The van der Waals surface area contributed by atoms with E-state index in [1.165, 1.54) is 43.2 Å². The van der Waals surface area contributed by atoms with E-state index in [4.69, 9.17) is 4.74 Å². The molecule has 1 aromatic carbocycles. The molecule has 0 spiro atoms. The molecular formula is C26H33FN4O2S. The number of thioether (sulfide) groups is 1. The Kier molecular flexibility index (Phi) is 6.24. The van der Waals surface area contributed by atoms with Crippen molar-refractivity contribution in [2.75, 3.05) is 38.6 Å². The number of aromatic nitrogens is 3. The van der Waals surface area contributed by atoms with Crippen molar-refractivity contribution < 1.29 is 13.9 Å². The first kappa shape index (κ1) is 22.7. The normalized spacial score (nSPS) is 30.7. The van der Waals surface area contributed by atoms with Gasteiger partial charge < -0.3 is 9.30 Å². The Balaban J connectivity index is 1.19. The van der Waals surface area contributed by atoms with Crippen LogP contribution in [-0.4, -0.2) is 64.0 Å². The van der Waals surface area contributed by atoms with Crippen LogP contribution in [-0.2, 0) is 16.1 Å². The zero-order valence-electron chi connectivity index (χ0n) is 19.6. The average molecular weight is 485 g/mol. The molecule has 1 aliphatic heterocycles. The van der Waals surface area contributed by atoms with Crippen molar-refractivity contribution in [3.05, 3.63) is 30.1 Å². The van der Waals surface area contributed by atoms with Crippen LogP contribution in [0.25, 0.3) is 11.4 Å². The number of Topliss-reactive ketones (excluding diaryl/α,β-unsaturated/α-hetero) is 1. The molecular weight excluding hydrogens is 451 g/mol. The maximum Gasteiger partial charge on any atom is 0.191 e. The standard InChI is InChI=1S/C26H33FN4O2S/c27-22-3-1-21(2-4-22)24-28-29-25(31(24)6-5-30-7-9-33-10-8-30)34-17-23(32)26-14-18-11-19(15-26)13-20(12-18)16-26/h1-4,18-20H,5-17H2. The van der Waals surface area contributed by atoms with Gasteiger partial charge in [0, 0.05) is 37.2 Å². The molecule has 0 atom stereocenters. The minimum Gasteiger partial charge on any atom is -0.379 e. The lowest BCUT2D eigenvalue weighted by Gasteiger charge is -2.56. The molecule has 8 heteroatoms. The molecule has 34 heavy (non-hydrogen) atoms. The third-order valence-corrected chi connectivity index (χ3v) is 9.49. The fourth-order valence-electron chi connectivity index (χ4n) is 7.21. The Morgan fingerprint density at radius 1 is 1.00 bits per heavy atom. The number of nitrogens with zero attached hydrogens (tertiary/aromatic N) is 4. The average Bonchev–Trinajstić information content (AvgIpc) is 3.24. The van der Waals surface area contributed by atoms with Gasteiger partial charge in [-0.3, -0.25) is 9.69 Å². The van der Waals surface area contributed by atoms with Gasteiger partial charge in [-0.15, -0.1) is 10.2 Å². The van der Waals surface area contributed by atoms with Crippen molar-refractivity contribution in [2.45, 2.75) is 50.2 Å². The van der Waals surface area contributed by atoms with E-state index in [2.05, 4.69) is 19.7 Å². The van der Waals surface area contributed by atoms with Gasteiger partial charge >= 0.3 is 0 Å². The number of carbonyl (C=O) groups excluding carboxylic acids is 1. The molecule has 6 nitrogen and oxygen atoms in total. The van der Waals surface area contributed by atoms with Gasteiger partial charge in [-0.1, -0.05) is 11.8 Å². The Morgan fingerprint density at radius 3 is 2.29 bits per heavy atom. The van der Waals surface area contributed by atoms with Crippen LogP contribution in [0.15, 0.2) is 29.4 Å². The summed E-state index contributed by atoms with van der Waals surface area (Å²) in [5, 5.41) is 9.73. The molecule has 5 aliphatic rings. The van der Waals surface area contributed by atoms with E-state index in [1.54, 1.807) is 12.1 Å². The highest BCUT2D eigenvalue weighted by molar-refractivity contribution is 7.99. The van der Waals surface area contributed by atoms with Gasteiger partial charge in [0.25, 0.3) is 0 Å². The summed E-state index contributed by atoms with van der Waals surface area (Å²) in [6, 6.07) is 6.42. The van der Waals surface area contributed by atoms with Crippen molar-refractivity contribution in [1.29, 1.82) is 0 Å². The number of benzene rings is 1. The first-order valence-electron chi connectivity index (χ1n) is 12.7. The minimum atomic E-state index is -0.265. The van der Waals surface area contributed by atoms with Gasteiger partial charge in [-0.05, 0) is 80.5 Å². The summed E-state index contributed by atoms with van der Waals surface area (Å²) in [5.74, 6) is 3.65. The third kappa shape index (κ3) is 4.44. The summed E-state index contributed by atoms with van der Waals surface area (Å²) in [6.45, 7) is 4.95. The fourth-order valence-corrected chi connectivity index (χ4v) is 8.21. The van der Waals surface area contributed by atoms with Gasteiger partial charge in [-0.25, -0.2) is 4.39 Å². The summed E-state index contributed by atoms with van der Waals surface area (Å²) < 4.78 is 21.1. The molecule has 0 N–H and O–H groups in total. The fraction of sp³-hybridized carbons (Fsp3) is 0.654. The van der Waals surface area contributed by atoms with Crippen LogP contribution >= 0.6 is 11.8 Å². The molecule has 4 saturated carbocycles. The van der Waals surface area contributed by atoms with Crippen LogP contribution in [0, 0.1) is 29.0 Å². The van der Waals surface area contributed by atoms with Crippen molar-refractivity contribution in [3.63, 3.8) is 0 Å². The summed E-state index contributed by atoms with van der Waals surface area (Å²) >= 11 is 1.53. The van der Waals surface area contributed by atoms with Gasteiger partial charge in [0.05, 0.1) is 19.0 Å². The molecule has 1 aromatic heterocycles. The van der Waals surface area contributed by atoms with E-state index >= 15 is 0 Å². The second kappa shape index (κ2) is 9.36. The first-order valence-corrected chi connectivity index (χ1v) is 13.7. The zero-order chi connectivity index (χ0) is 23.1. The largest absolute Gasteiger partial charge is 0.379 e. The van der Waals surface area contributed by atoms with E-state index in [0.717, 1.165) is 93.0 Å². The second-order valence-corrected chi connectivity index (χ2v) is 11.8. The summed E-state index contributed by atoms with van der Waals surface area (Å²) in [5.41, 5.74) is 0.760. The monoisotopic (exact) mass is 484 g/mol. The number of carbonyl (C=O) groups is 1. The maximum atomic E-state index is 13.6. The highest BCUT2D eigenvalue weighted by Crippen LogP contribution is 2.60. The maximum absolute atomic E-state index is 13.6. The minimum absolute atomic E-state index is 0.0831. The molecule has 4 bridgehead atoms. The third-order valence-electron chi connectivity index (χ3n) is 8.52. The van der Waals surface area contributed by atoms with E-state index in [9.17, 15) is 9.18 Å². The summed E-state index contributed by atoms with van der Waals surface area (Å²) in [4.78, 5) is 15.9. The number of hydrogen-bond acceptors (Lipinski definition) is 6. The molecule has 5 fully saturated rings. The van der Waals surface area contributed by atoms with Crippen molar-refractivity contribution in [3.8, 4) is 11.4 Å². The Morgan fingerprint density at radius 2 is 1.65 bits per heavy atom. The number of ether oxygens (including phenoxy) is 1. The van der Waals surface area contributed by atoms with Gasteiger partial charge in [0.1, 0.15) is 11.6 Å². The lowest BCUT2D eigenvalue weighted by atomic mass is 9.48. The molecule has 2 aromatic rings. The Hall–Kier alpha value is -1.77. The van der Waals surface area contributed by atoms with Gasteiger partial charge in [0.15, 0.2) is 11.0 Å². The van der Waals surface area contributed by atoms with Crippen molar-refractivity contribution in [2.24, 2.45) is 23.2 Å². The SMILES string of the molecule is O=C(CSc1nnc(-c2ccc(F)cc2)n1CCN1CCOCC1)C12CC3CC(CC(C3)C1)C2. The number of morpholine rings is 1. The van der Waals surface area contributed by atoms with Crippen LogP contribution in [0.1, 0.15) is 38.5 Å². The number of halogens is 1. The van der Waals surface area contributed by atoms with Gasteiger partial charge in [0.2, 0.25) is 0 Å². The van der Waals surface area contributed by atoms with Gasteiger partial charge in [-0.2, -0.15) is 0 Å².